The molecule has 1 saturated heterocycles. The van der Waals surface area contributed by atoms with Gasteiger partial charge in [-0.25, -0.2) is 9.59 Å². The first-order valence-corrected chi connectivity index (χ1v) is 30.7. The predicted octanol–water partition coefficient (Wildman–Crippen LogP) is 7.96. The Morgan fingerprint density at radius 3 is 1.74 bits per heavy atom. The van der Waals surface area contributed by atoms with Crippen LogP contribution in [0.5, 0.6) is 5.75 Å². The maximum Gasteiger partial charge on any atom is 0.410 e. The molecule has 7 amide bonds. The molecule has 4 aromatic carbocycles. The van der Waals surface area contributed by atoms with E-state index in [4.69, 9.17) is 14.2 Å². The monoisotopic (exact) mass is 1190 g/mol. The Hall–Kier alpha value is -7.64. The van der Waals surface area contributed by atoms with Crippen molar-refractivity contribution in [1.29, 1.82) is 0 Å². The van der Waals surface area contributed by atoms with E-state index in [2.05, 4.69) is 38.7 Å². The van der Waals surface area contributed by atoms with E-state index >= 15 is 4.79 Å². The minimum atomic E-state index is -1.13. The van der Waals surface area contributed by atoms with Crippen molar-refractivity contribution in [3.8, 4) is 5.75 Å². The minimum absolute atomic E-state index is 0.0412. The van der Waals surface area contributed by atoms with E-state index < -0.39 is 82.7 Å². The van der Waals surface area contributed by atoms with Gasteiger partial charge in [-0.05, 0) is 154 Å². The van der Waals surface area contributed by atoms with Crippen molar-refractivity contribution in [2.45, 2.75) is 201 Å². The topological polar surface area (TPSA) is 234 Å². The Balaban J connectivity index is 0.968. The first-order valence-electron chi connectivity index (χ1n) is 30.7. The Morgan fingerprint density at radius 2 is 1.18 bits per heavy atom. The summed E-state index contributed by atoms with van der Waals surface area (Å²) in [5.41, 5.74) is 4.54. The number of fused-ring (bicyclic) bond motifs is 3. The molecule has 19 heteroatoms. The summed E-state index contributed by atoms with van der Waals surface area (Å²) in [6.45, 7) is 19.8. The molecule has 19 nitrogen and oxygen atoms in total. The van der Waals surface area contributed by atoms with Gasteiger partial charge in [0.05, 0.1) is 36.4 Å². The number of benzene rings is 4. The quantitative estimate of drug-likeness (QED) is 0.0501. The number of amides is 7. The molecule has 0 saturated carbocycles. The van der Waals surface area contributed by atoms with E-state index in [1.165, 1.54) is 28.0 Å². The van der Waals surface area contributed by atoms with E-state index in [1.54, 1.807) is 89.0 Å². The molecule has 2 aliphatic carbocycles. The van der Waals surface area contributed by atoms with Gasteiger partial charge in [-0.1, -0.05) is 108 Å². The summed E-state index contributed by atoms with van der Waals surface area (Å²) in [5.74, 6) is -2.82. The van der Waals surface area contributed by atoms with Crippen molar-refractivity contribution in [2.75, 3.05) is 20.6 Å². The third-order valence-corrected chi connectivity index (χ3v) is 17.3. The number of likely N-dealkylation sites (N-methyl/N-ethyl adjacent to an activating group) is 2. The Labute approximate surface area is 512 Å². The number of nitrogens with zero attached hydrogens (tertiary/aromatic N) is 3. The van der Waals surface area contributed by atoms with Crippen LogP contribution in [0.1, 0.15) is 170 Å². The molecule has 0 aromatic heterocycles. The third kappa shape index (κ3) is 15.9. The number of ether oxygens (including phenoxy) is 3. The van der Waals surface area contributed by atoms with Gasteiger partial charge in [0.2, 0.25) is 35.4 Å². The molecule has 9 unspecified atom stereocenters. The van der Waals surface area contributed by atoms with Gasteiger partial charge < -0.3 is 50.6 Å². The molecular formula is C68H90N8O11. The maximum atomic E-state index is 15.2. The number of aryl methyl sites for hydroxylation is 2. The van der Waals surface area contributed by atoms with Crippen LogP contribution in [0.4, 0.5) is 4.79 Å². The number of likely N-dealkylation sites (tertiary alicyclic amines) is 1. The highest BCUT2D eigenvalue weighted by Crippen LogP contribution is 2.36. The molecule has 5 N–H and O–H groups in total. The Kier molecular flexibility index (Phi) is 20.4. The highest BCUT2D eigenvalue weighted by atomic mass is 16.6. The molecule has 2 aliphatic heterocycles. The fourth-order valence-electron chi connectivity index (χ4n) is 11.9. The Bertz CT molecular complexity index is 3200. The third-order valence-electron chi connectivity index (χ3n) is 17.3. The van der Waals surface area contributed by atoms with Crippen LogP contribution in [0.25, 0.3) is 0 Å². The zero-order chi connectivity index (χ0) is 63.3. The molecular weight excluding hydrogens is 1100 g/mol. The molecule has 0 spiro atoms. The zero-order valence-corrected chi connectivity index (χ0v) is 53.0. The normalized spacial score (nSPS) is 20.6. The van der Waals surface area contributed by atoms with E-state index in [0.29, 0.717) is 5.56 Å². The van der Waals surface area contributed by atoms with Gasteiger partial charge in [-0.15, -0.1) is 0 Å². The van der Waals surface area contributed by atoms with Crippen molar-refractivity contribution in [3.05, 3.63) is 136 Å². The van der Waals surface area contributed by atoms with Crippen molar-refractivity contribution in [1.82, 2.24) is 41.3 Å². The smallest absolute Gasteiger partial charge is 0.410 e. The first-order chi connectivity index (χ1) is 41.0. The Morgan fingerprint density at radius 1 is 0.644 bits per heavy atom. The van der Waals surface area contributed by atoms with Crippen LogP contribution in [0.15, 0.2) is 91.0 Å². The second kappa shape index (κ2) is 27.2. The highest BCUT2D eigenvalue weighted by molar-refractivity contribution is 5.96. The van der Waals surface area contributed by atoms with Gasteiger partial charge in [0.1, 0.15) is 41.6 Å². The number of hydrogen-bond donors (Lipinski definition) is 5. The summed E-state index contributed by atoms with van der Waals surface area (Å²) in [5, 5.41) is 15.3. The molecule has 87 heavy (non-hydrogen) atoms. The van der Waals surface area contributed by atoms with E-state index in [0.717, 1.165) is 60.8 Å². The fourth-order valence-corrected chi connectivity index (χ4v) is 11.9. The molecule has 0 bridgehead atoms. The number of carbonyl (C=O) groups is 8. The molecule has 9 atom stereocenters. The lowest BCUT2D eigenvalue weighted by molar-refractivity contribution is -0.147. The largest absolute Gasteiger partial charge is 0.444 e. The van der Waals surface area contributed by atoms with Crippen molar-refractivity contribution >= 4 is 47.5 Å². The van der Waals surface area contributed by atoms with Gasteiger partial charge in [-0.3, -0.25) is 33.7 Å². The minimum Gasteiger partial charge on any atom is -0.444 e. The first kappa shape index (κ1) is 65.3. The van der Waals surface area contributed by atoms with Crippen LogP contribution >= 0.6 is 0 Å². The molecule has 4 aromatic rings. The lowest BCUT2D eigenvalue weighted by Crippen LogP contribution is -2.62. The van der Waals surface area contributed by atoms with Gasteiger partial charge in [0, 0.05) is 33.0 Å². The van der Waals surface area contributed by atoms with E-state index in [1.807, 2.05) is 77.9 Å². The average molecular weight is 1200 g/mol. The summed E-state index contributed by atoms with van der Waals surface area (Å²) in [6.07, 6.45) is 4.27. The van der Waals surface area contributed by atoms with Crippen LogP contribution in [-0.4, -0.2) is 131 Å². The van der Waals surface area contributed by atoms with Crippen LogP contribution in [-0.2, 0) is 70.7 Å². The van der Waals surface area contributed by atoms with E-state index in [9.17, 15) is 33.6 Å². The van der Waals surface area contributed by atoms with Crippen LogP contribution < -0.4 is 31.3 Å². The zero-order valence-electron chi connectivity index (χ0n) is 53.0. The number of rotatable bonds is 17. The second-order valence-electron chi connectivity index (χ2n) is 27.1. The van der Waals surface area contributed by atoms with Crippen molar-refractivity contribution in [3.63, 3.8) is 0 Å². The lowest BCUT2D eigenvalue weighted by Gasteiger charge is -2.42. The molecule has 4 aliphatic rings. The van der Waals surface area contributed by atoms with Crippen LogP contribution in [0, 0.1) is 10.8 Å². The lowest BCUT2D eigenvalue weighted by atomic mass is 9.83. The average Bonchev–Trinajstić information content (AvgIpc) is 2.18. The molecule has 2 heterocycles. The number of carbonyl (C=O) groups excluding carboxylic acids is 8. The van der Waals surface area contributed by atoms with Gasteiger partial charge in [0.25, 0.3) is 0 Å². The van der Waals surface area contributed by atoms with Crippen molar-refractivity contribution < 1.29 is 52.6 Å². The van der Waals surface area contributed by atoms with E-state index in [-0.39, 0.29) is 79.6 Å². The summed E-state index contributed by atoms with van der Waals surface area (Å²) in [4.78, 5) is 117. The number of hydrogen-bond acceptors (Lipinski definition) is 12. The maximum absolute atomic E-state index is 15.2. The molecule has 8 rings (SSSR count). The number of esters is 1. The summed E-state index contributed by atoms with van der Waals surface area (Å²) in [6, 6.07) is 22.1. The van der Waals surface area contributed by atoms with Crippen LogP contribution in [0.2, 0.25) is 0 Å². The fraction of sp³-hybridized carbons (Fsp3) is 0.529. The predicted molar refractivity (Wildman–Crippen MR) is 330 cm³/mol. The van der Waals surface area contributed by atoms with Crippen LogP contribution in [0.3, 0.4) is 0 Å². The van der Waals surface area contributed by atoms with Gasteiger partial charge in [-0.2, -0.15) is 0 Å². The molecule has 468 valence electrons. The van der Waals surface area contributed by atoms with Crippen molar-refractivity contribution in [2.24, 2.45) is 10.8 Å². The second-order valence-corrected chi connectivity index (χ2v) is 27.1. The SMILES string of the molecule is CNC(C)C(=O)NC(C(=O)N1CC(OCc2ccc(C(=O)Oc3ccc4c(c3)CN(C(=O)C(NC(=O)C(C)N(C)C(=O)OC(C)(C)C)C(C)(C)C)C(C(=O)NC3CCCc5ccccc53)C4)cc2)CC1C(=O)NC1CCCc2ccccc21)C(C)(C)C. The number of nitrogens with one attached hydrogen (secondary N) is 5. The summed E-state index contributed by atoms with van der Waals surface area (Å²) < 4.78 is 18.0. The summed E-state index contributed by atoms with van der Waals surface area (Å²) in [7, 11) is 3.13. The van der Waals surface area contributed by atoms with Gasteiger partial charge >= 0.3 is 12.1 Å². The summed E-state index contributed by atoms with van der Waals surface area (Å²) >= 11 is 0. The molecule has 1 fully saturated rings. The highest BCUT2D eigenvalue weighted by Gasteiger charge is 2.47. The molecule has 0 radical (unpaired) electrons. The standard InChI is InChI=1S/C68H90N8O11/c1-40(69-12)58(77)72-56(66(3,4)5)63(82)76-38-49(36-55(76)61(80)71-53-27-19-23-44-21-15-17-25-51(44)53)85-39-42-28-30-45(31-29-42)64(83)86-48-33-32-46-35-54(60(79)70-52-26-18-22-43-20-14-16-24-50(43)52)75(37-47(46)34-48)62(81)57(67(6,7)8)73-59(78)41(2)74(13)65(84)87-68(9,10)11/h14-17,20-21,24-25,28-34,40-41,49,52-57,69H,18-19,22-23,26-27,35-39H2,1-13H3,(H,70,79)(H,71,80)(H,72,77)(H,73,78). The van der Waals surface area contributed by atoms with Gasteiger partial charge in [0.15, 0.2) is 0 Å².